The number of aliphatic hydroxyl groups is 1. The van der Waals surface area contributed by atoms with E-state index in [9.17, 15) is 9.90 Å². The Morgan fingerprint density at radius 3 is 2.12 bits per heavy atom. The van der Waals surface area contributed by atoms with Gasteiger partial charge in [-0.25, -0.2) is 0 Å². The largest absolute Gasteiger partial charge is 0.388 e. The molecule has 0 fully saturated rings. The molecule has 0 bridgehead atoms. The van der Waals surface area contributed by atoms with Crippen LogP contribution in [0.5, 0.6) is 0 Å². The van der Waals surface area contributed by atoms with Crippen molar-refractivity contribution in [1.82, 2.24) is 0 Å². The van der Waals surface area contributed by atoms with E-state index in [1.54, 1.807) is 0 Å². The molecule has 88 valence electrons. The van der Waals surface area contributed by atoms with Crippen LogP contribution in [0.1, 0.15) is 51.3 Å². The third kappa shape index (κ3) is 3.46. The van der Waals surface area contributed by atoms with Gasteiger partial charge in [0, 0.05) is 6.42 Å². The van der Waals surface area contributed by atoms with Crippen molar-refractivity contribution in [1.29, 1.82) is 0 Å². The van der Waals surface area contributed by atoms with Crippen molar-refractivity contribution in [2.24, 2.45) is 0 Å². The second kappa shape index (κ2) is 4.79. The van der Waals surface area contributed by atoms with Gasteiger partial charge < -0.3 is 5.11 Å². The molecule has 0 aliphatic rings. The predicted molar refractivity (Wildman–Crippen MR) is 65.4 cm³/mol. The SMILES string of the molecule is CC(=O)C[C@@H](O)c1ccc(C(C)(C)C)cc1. The lowest BCUT2D eigenvalue weighted by Crippen LogP contribution is -2.11. The van der Waals surface area contributed by atoms with Crippen LogP contribution in [-0.4, -0.2) is 10.9 Å². The summed E-state index contributed by atoms with van der Waals surface area (Å²) in [6, 6.07) is 7.82. The van der Waals surface area contributed by atoms with E-state index in [1.807, 2.05) is 24.3 Å². The van der Waals surface area contributed by atoms with Crippen LogP contribution in [0.3, 0.4) is 0 Å². The van der Waals surface area contributed by atoms with Crippen LogP contribution >= 0.6 is 0 Å². The molecule has 1 aromatic rings. The van der Waals surface area contributed by atoms with Crippen LogP contribution in [0.15, 0.2) is 24.3 Å². The smallest absolute Gasteiger partial charge is 0.132 e. The number of hydrogen-bond acceptors (Lipinski definition) is 2. The Labute approximate surface area is 97.3 Å². The van der Waals surface area contributed by atoms with Gasteiger partial charge in [-0.15, -0.1) is 0 Å². The minimum atomic E-state index is -0.675. The van der Waals surface area contributed by atoms with Gasteiger partial charge in [-0.3, -0.25) is 4.79 Å². The molecule has 0 aromatic heterocycles. The Balaban J connectivity index is 2.83. The number of rotatable bonds is 3. The summed E-state index contributed by atoms with van der Waals surface area (Å²) in [5.41, 5.74) is 2.15. The second-order valence-electron chi connectivity index (χ2n) is 5.29. The molecule has 0 saturated heterocycles. The summed E-state index contributed by atoms with van der Waals surface area (Å²) in [5.74, 6) is 0.00685. The Morgan fingerprint density at radius 2 is 1.75 bits per heavy atom. The molecule has 0 aliphatic heterocycles. The average Bonchev–Trinajstić information content (AvgIpc) is 2.15. The molecule has 0 radical (unpaired) electrons. The first-order chi connectivity index (χ1) is 7.30. The fourth-order valence-corrected chi connectivity index (χ4v) is 1.60. The lowest BCUT2D eigenvalue weighted by Gasteiger charge is -2.19. The molecule has 1 N–H and O–H groups in total. The fourth-order valence-electron chi connectivity index (χ4n) is 1.60. The van der Waals surface area contributed by atoms with Gasteiger partial charge in [-0.1, -0.05) is 45.0 Å². The average molecular weight is 220 g/mol. The standard InChI is InChI=1S/C14H20O2/c1-10(15)9-13(16)11-5-7-12(8-6-11)14(2,3)4/h5-8,13,16H,9H2,1-4H3/t13-/m1/s1. The minimum absolute atomic E-state index is 0.00685. The number of ketones is 1. The zero-order chi connectivity index (χ0) is 12.3. The van der Waals surface area contributed by atoms with E-state index in [4.69, 9.17) is 0 Å². The zero-order valence-electron chi connectivity index (χ0n) is 10.4. The number of hydrogen-bond donors (Lipinski definition) is 1. The van der Waals surface area contributed by atoms with Crippen molar-refractivity contribution < 1.29 is 9.90 Å². The summed E-state index contributed by atoms with van der Waals surface area (Å²) >= 11 is 0. The quantitative estimate of drug-likeness (QED) is 0.850. The van der Waals surface area contributed by atoms with Gasteiger partial charge in [0.25, 0.3) is 0 Å². The van der Waals surface area contributed by atoms with E-state index in [2.05, 4.69) is 20.8 Å². The van der Waals surface area contributed by atoms with Gasteiger partial charge in [0.1, 0.15) is 5.78 Å². The zero-order valence-corrected chi connectivity index (χ0v) is 10.4. The van der Waals surface area contributed by atoms with Crippen LogP contribution in [0.2, 0.25) is 0 Å². The summed E-state index contributed by atoms with van der Waals surface area (Å²) in [7, 11) is 0. The highest BCUT2D eigenvalue weighted by molar-refractivity contribution is 5.76. The number of carbonyl (C=O) groups is 1. The first-order valence-corrected chi connectivity index (χ1v) is 5.58. The maximum Gasteiger partial charge on any atom is 0.132 e. The monoisotopic (exact) mass is 220 g/mol. The molecule has 1 rings (SSSR count). The summed E-state index contributed by atoms with van der Waals surface area (Å²) in [4.78, 5) is 10.9. The Bertz CT molecular complexity index is 357. The van der Waals surface area contributed by atoms with Crippen molar-refractivity contribution in [3.05, 3.63) is 35.4 Å². The van der Waals surface area contributed by atoms with E-state index in [0.29, 0.717) is 0 Å². The van der Waals surface area contributed by atoms with Crippen LogP contribution in [0, 0.1) is 0 Å². The third-order valence-electron chi connectivity index (χ3n) is 2.64. The molecular weight excluding hydrogens is 200 g/mol. The predicted octanol–water partition coefficient (Wildman–Crippen LogP) is 3.00. The molecule has 2 nitrogen and oxygen atoms in total. The van der Waals surface area contributed by atoms with Gasteiger partial charge in [0.2, 0.25) is 0 Å². The molecule has 1 aromatic carbocycles. The van der Waals surface area contributed by atoms with Crippen LogP contribution in [0.4, 0.5) is 0 Å². The van der Waals surface area contributed by atoms with Gasteiger partial charge in [-0.2, -0.15) is 0 Å². The van der Waals surface area contributed by atoms with E-state index >= 15 is 0 Å². The molecule has 1 atom stereocenters. The highest BCUT2D eigenvalue weighted by Crippen LogP contribution is 2.24. The summed E-state index contributed by atoms with van der Waals surface area (Å²) in [6.07, 6.45) is -0.485. The molecule has 0 saturated carbocycles. The molecule has 0 unspecified atom stereocenters. The second-order valence-corrected chi connectivity index (χ2v) is 5.29. The molecule has 16 heavy (non-hydrogen) atoms. The van der Waals surface area contributed by atoms with E-state index < -0.39 is 6.10 Å². The highest BCUT2D eigenvalue weighted by atomic mass is 16.3. The van der Waals surface area contributed by atoms with Crippen LogP contribution < -0.4 is 0 Å². The summed E-state index contributed by atoms with van der Waals surface area (Å²) in [6.45, 7) is 7.93. The molecule has 0 heterocycles. The Hall–Kier alpha value is -1.15. The van der Waals surface area contributed by atoms with Gasteiger partial charge in [-0.05, 0) is 23.5 Å². The van der Waals surface area contributed by atoms with Crippen molar-refractivity contribution >= 4 is 5.78 Å². The number of benzene rings is 1. The Morgan fingerprint density at radius 1 is 1.25 bits per heavy atom. The number of aliphatic hydroxyl groups excluding tert-OH is 1. The minimum Gasteiger partial charge on any atom is -0.388 e. The van der Waals surface area contributed by atoms with E-state index in [-0.39, 0.29) is 17.6 Å². The maximum atomic E-state index is 10.9. The van der Waals surface area contributed by atoms with Crippen molar-refractivity contribution in [2.75, 3.05) is 0 Å². The normalized spacial score (nSPS) is 13.6. The van der Waals surface area contributed by atoms with Crippen LogP contribution in [-0.2, 0) is 10.2 Å². The molecule has 0 amide bonds. The van der Waals surface area contributed by atoms with Gasteiger partial charge in [0.15, 0.2) is 0 Å². The van der Waals surface area contributed by atoms with Crippen molar-refractivity contribution in [2.45, 2.75) is 45.6 Å². The lowest BCUT2D eigenvalue weighted by atomic mass is 9.86. The highest BCUT2D eigenvalue weighted by Gasteiger charge is 2.15. The van der Waals surface area contributed by atoms with E-state index in [0.717, 1.165) is 5.56 Å². The van der Waals surface area contributed by atoms with Gasteiger partial charge >= 0.3 is 0 Å². The maximum absolute atomic E-state index is 10.9. The molecular formula is C14H20O2. The first kappa shape index (κ1) is 12.9. The Kier molecular flexibility index (Phi) is 3.87. The lowest BCUT2D eigenvalue weighted by molar-refractivity contribution is -0.118. The molecule has 0 spiro atoms. The first-order valence-electron chi connectivity index (χ1n) is 5.58. The van der Waals surface area contributed by atoms with E-state index in [1.165, 1.54) is 12.5 Å². The molecule has 0 aliphatic carbocycles. The number of carbonyl (C=O) groups excluding carboxylic acids is 1. The fraction of sp³-hybridized carbons (Fsp3) is 0.500. The summed E-state index contributed by atoms with van der Waals surface area (Å²) in [5, 5.41) is 9.76. The van der Waals surface area contributed by atoms with Crippen molar-refractivity contribution in [3.8, 4) is 0 Å². The topological polar surface area (TPSA) is 37.3 Å². The molecule has 2 heteroatoms. The van der Waals surface area contributed by atoms with Crippen molar-refractivity contribution in [3.63, 3.8) is 0 Å². The summed E-state index contributed by atoms with van der Waals surface area (Å²) < 4.78 is 0. The number of Topliss-reactive ketones (excluding diaryl/α,β-unsaturated/α-hetero) is 1. The third-order valence-corrected chi connectivity index (χ3v) is 2.64. The van der Waals surface area contributed by atoms with Gasteiger partial charge in [0.05, 0.1) is 6.10 Å². The van der Waals surface area contributed by atoms with Crippen LogP contribution in [0.25, 0.3) is 0 Å².